The summed E-state index contributed by atoms with van der Waals surface area (Å²) < 4.78 is 38.4. The first-order valence-electron chi connectivity index (χ1n) is 9.38. The molecule has 32 heavy (non-hydrogen) atoms. The zero-order valence-electron chi connectivity index (χ0n) is 17.1. The fourth-order valence-corrected chi connectivity index (χ4v) is 4.16. The van der Waals surface area contributed by atoms with E-state index in [1.54, 1.807) is 43.3 Å². The van der Waals surface area contributed by atoms with Crippen LogP contribution in [-0.4, -0.2) is 27.5 Å². The zero-order valence-corrected chi connectivity index (χ0v) is 19.5. The molecule has 3 rings (SSSR count). The Morgan fingerprint density at radius 1 is 0.969 bits per heavy atom. The van der Waals surface area contributed by atoms with E-state index in [-0.39, 0.29) is 20.6 Å². The minimum Gasteiger partial charge on any atom is -0.497 e. The number of rotatable bonds is 8. The van der Waals surface area contributed by atoms with Gasteiger partial charge in [-0.15, -0.1) is 0 Å². The third kappa shape index (κ3) is 5.85. The van der Waals surface area contributed by atoms with Crippen molar-refractivity contribution >= 4 is 50.5 Å². The molecule has 0 aliphatic heterocycles. The number of sulfonamides is 1. The Morgan fingerprint density at radius 3 is 2.31 bits per heavy atom. The number of carbonyl (C=O) groups excluding carboxylic acids is 1. The molecule has 1 atom stereocenters. The maximum atomic E-state index is 12.6. The van der Waals surface area contributed by atoms with Crippen molar-refractivity contribution in [3.63, 3.8) is 0 Å². The minimum absolute atomic E-state index is 0.00720. The van der Waals surface area contributed by atoms with E-state index in [4.69, 9.17) is 32.7 Å². The van der Waals surface area contributed by atoms with Crippen LogP contribution < -0.4 is 19.5 Å². The van der Waals surface area contributed by atoms with E-state index < -0.39 is 22.0 Å². The Kier molecular flexibility index (Phi) is 7.50. The lowest BCUT2D eigenvalue weighted by Gasteiger charge is -2.15. The number of hydrogen-bond donors (Lipinski definition) is 2. The van der Waals surface area contributed by atoms with Crippen LogP contribution >= 0.6 is 23.2 Å². The van der Waals surface area contributed by atoms with Gasteiger partial charge in [0.25, 0.3) is 15.9 Å². The van der Waals surface area contributed by atoms with Gasteiger partial charge in [-0.1, -0.05) is 35.3 Å². The number of halogens is 2. The first kappa shape index (κ1) is 23.7. The summed E-state index contributed by atoms with van der Waals surface area (Å²) in [5.41, 5.74) is 0.580. The van der Waals surface area contributed by atoms with Crippen molar-refractivity contribution in [1.29, 1.82) is 0 Å². The second-order valence-electron chi connectivity index (χ2n) is 6.66. The quantitative estimate of drug-likeness (QED) is 0.448. The molecule has 0 spiro atoms. The normalized spacial score (nSPS) is 12.0. The topological polar surface area (TPSA) is 93.7 Å². The molecule has 0 saturated carbocycles. The van der Waals surface area contributed by atoms with Crippen LogP contribution in [0.15, 0.2) is 71.6 Å². The van der Waals surface area contributed by atoms with Crippen molar-refractivity contribution in [2.75, 3.05) is 17.1 Å². The summed E-state index contributed by atoms with van der Waals surface area (Å²) in [4.78, 5) is 12.4. The highest BCUT2D eigenvalue weighted by atomic mass is 35.5. The van der Waals surface area contributed by atoms with Gasteiger partial charge >= 0.3 is 0 Å². The number of methoxy groups -OCH3 is 1. The molecule has 2 N–H and O–H groups in total. The van der Waals surface area contributed by atoms with Gasteiger partial charge in [-0.3, -0.25) is 9.52 Å². The molecule has 0 heterocycles. The molecule has 10 heteroatoms. The maximum Gasteiger partial charge on any atom is 0.265 e. The molecule has 168 valence electrons. The Bertz CT molecular complexity index is 1220. The number of benzene rings is 3. The van der Waals surface area contributed by atoms with Gasteiger partial charge in [-0.05, 0) is 55.5 Å². The fourth-order valence-electron chi connectivity index (χ4n) is 2.68. The van der Waals surface area contributed by atoms with E-state index in [1.807, 2.05) is 0 Å². The Hall–Kier alpha value is -2.94. The summed E-state index contributed by atoms with van der Waals surface area (Å²) in [6, 6.07) is 17.2. The van der Waals surface area contributed by atoms with Crippen molar-refractivity contribution in [1.82, 2.24) is 0 Å². The first-order valence-corrected chi connectivity index (χ1v) is 11.6. The third-order valence-electron chi connectivity index (χ3n) is 4.35. The number of carbonyl (C=O) groups is 1. The van der Waals surface area contributed by atoms with Gasteiger partial charge in [0.2, 0.25) is 0 Å². The molecule has 0 bridgehead atoms. The number of amides is 1. The number of nitrogens with one attached hydrogen (secondary N) is 2. The van der Waals surface area contributed by atoms with Crippen LogP contribution in [0.2, 0.25) is 10.0 Å². The smallest absolute Gasteiger partial charge is 0.265 e. The van der Waals surface area contributed by atoms with Crippen LogP contribution in [0.5, 0.6) is 11.5 Å². The second-order valence-corrected chi connectivity index (χ2v) is 9.13. The monoisotopic (exact) mass is 494 g/mol. The van der Waals surface area contributed by atoms with E-state index in [1.165, 1.54) is 37.4 Å². The van der Waals surface area contributed by atoms with Gasteiger partial charge in [0.05, 0.1) is 27.7 Å². The van der Waals surface area contributed by atoms with E-state index >= 15 is 0 Å². The van der Waals surface area contributed by atoms with Crippen LogP contribution in [0.4, 0.5) is 11.4 Å². The lowest BCUT2D eigenvalue weighted by molar-refractivity contribution is -0.122. The predicted octanol–water partition coefficient (Wildman–Crippen LogP) is 5.21. The van der Waals surface area contributed by atoms with E-state index in [0.29, 0.717) is 17.2 Å². The SMILES string of the molecule is COc1cccc(O[C@H](C)C(=O)Nc2ccc(S(=O)(=O)Nc3cccc(Cl)c3Cl)cc2)c1. The molecule has 0 aromatic heterocycles. The van der Waals surface area contributed by atoms with Gasteiger partial charge in [-0.2, -0.15) is 0 Å². The largest absolute Gasteiger partial charge is 0.497 e. The molecule has 0 radical (unpaired) electrons. The minimum atomic E-state index is -3.90. The molecule has 0 aliphatic rings. The maximum absolute atomic E-state index is 12.6. The summed E-state index contributed by atoms with van der Waals surface area (Å²) in [5, 5.41) is 3.02. The summed E-state index contributed by atoms with van der Waals surface area (Å²) in [5.74, 6) is 0.700. The Labute approximate surface area is 196 Å². The van der Waals surface area contributed by atoms with Gasteiger partial charge in [-0.25, -0.2) is 8.42 Å². The second kappa shape index (κ2) is 10.1. The molecule has 7 nitrogen and oxygen atoms in total. The van der Waals surface area contributed by atoms with Gasteiger partial charge < -0.3 is 14.8 Å². The lowest BCUT2D eigenvalue weighted by atomic mass is 10.3. The summed E-state index contributed by atoms with van der Waals surface area (Å²) in [6.45, 7) is 1.60. The predicted molar refractivity (Wildman–Crippen MR) is 125 cm³/mol. The molecule has 3 aromatic rings. The van der Waals surface area contributed by atoms with Crippen molar-refractivity contribution in [2.24, 2.45) is 0 Å². The average Bonchev–Trinajstić information content (AvgIpc) is 2.77. The zero-order chi connectivity index (χ0) is 23.3. The molecule has 0 fully saturated rings. The molecule has 0 aliphatic carbocycles. The van der Waals surface area contributed by atoms with Crippen LogP contribution in [-0.2, 0) is 14.8 Å². The fraction of sp³-hybridized carbons (Fsp3) is 0.136. The van der Waals surface area contributed by atoms with E-state index in [2.05, 4.69) is 10.0 Å². The highest BCUT2D eigenvalue weighted by Crippen LogP contribution is 2.31. The van der Waals surface area contributed by atoms with Crippen molar-refractivity contribution in [2.45, 2.75) is 17.9 Å². The highest BCUT2D eigenvalue weighted by molar-refractivity contribution is 7.92. The van der Waals surface area contributed by atoms with Crippen molar-refractivity contribution < 1.29 is 22.7 Å². The summed E-state index contributed by atoms with van der Waals surface area (Å²) in [6.07, 6.45) is -0.794. The average molecular weight is 495 g/mol. The standard InChI is InChI=1S/C22H20Cl2N2O5S/c1-14(31-17-6-3-5-16(13-17)30-2)22(27)25-15-9-11-18(12-10-15)32(28,29)26-20-8-4-7-19(23)21(20)24/h3-14,26H,1-2H3,(H,25,27)/t14-/m1/s1. The molecule has 3 aromatic carbocycles. The summed E-state index contributed by atoms with van der Waals surface area (Å²) in [7, 11) is -2.36. The number of ether oxygens (including phenoxy) is 2. The third-order valence-corrected chi connectivity index (χ3v) is 6.55. The number of hydrogen-bond acceptors (Lipinski definition) is 5. The van der Waals surface area contributed by atoms with Crippen LogP contribution in [0.3, 0.4) is 0 Å². The Balaban J connectivity index is 1.65. The van der Waals surface area contributed by atoms with Crippen LogP contribution in [0, 0.1) is 0 Å². The highest BCUT2D eigenvalue weighted by Gasteiger charge is 2.18. The van der Waals surface area contributed by atoms with Gasteiger partial charge in [0, 0.05) is 11.8 Å². The Morgan fingerprint density at radius 2 is 1.62 bits per heavy atom. The van der Waals surface area contributed by atoms with Crippen LogP contribution in [0.25, 0.3) is 0 Å². The summed E-state index contributed by atoms with van der Waals surface area (Å²) >= 11 is 12.0. The van der Waals surface area contributed by atoms with Gasteiger partial charge in [0.1, 0.15) is 11.5 Å². The molecular weight excluding hydrogens is 475 g/mol. The molecule has 1 amide bonds. The van der Waals surface area contributed by atoms with E-state index in [0.717, 1.165) is 0 Å². The van der Waals surface area contributed by atoms with Crippen molar-refractivity contribution in [3.05, 3.63) is 76.8 Å². The first-order chi connectivity index (χ1) is 15.2. The molecular formula is C22H20Cl2N2O5S. The van der Waals surface area contributed by atoms with E-state index in [9.17, 15) is 13.2 Å². The lowest BCUT2D eigenvalue weighted by Crippen LogP contribution is -2.30. The van der Waals surface area contributed by atoms with Crippen molar-refractivity contribution in [3.8, 4) is 11.5 Å². The molecule has 0 unspecified atom stereocenters. The van der Waals surface area contributed by atoms with Gasteiger partial charge in [0.15, 0.2) is 6.10 Å². The molecule has 0 saturated heterocycles. The van der Waals surface area contributed by atoms with Crippen LogP contribution in [0.1, 0.15) is 6.92 Å². The number of anilines is 2.